The molecule has 0 aromatic heterocycles. The molecular formula is C21H30ClN5O2. The highest BCUT2D eigenvalue weighted by molar-refractivity contribution is 6.30. The molecule has 0 saturated carbocycles. The highest BCUT2D eigenvalue weighted by Gasteiger charge is 2.47. The number of nitrogens with one attached hydrogen (secondary N) is 4. The lowest BCUT2D eigenvalue weighted by Gasteiger charge is -2.36. The summed E-state index contributed by atoms with van der Waals surface area (Å²) < 4.78 is 5.44. The van der Waals surface area contributed by atoms with Crippen LogP contribution >= 0.6 is 11.6 Å². The van der Waals surface area contributed by atoms with Crippen LogP contribution in [0.15, 0.2) is 36.0 Å². The number of carbonyl (C=O) groups is 1. The number of hydrogen-bond acceptors (Lipinski definition) is 5. The van der Waals surface area contributed by atoms with Gasteiger partial charge in [0.15, 0.2) is 0 Å². The van der Waals surface area contributed by atoms with Crippen LogP contribution in [0, 0.1) is 0 Å². The SMILES string of the molecule is CC1(C)C2=CNC(NC3CCOCC3)NC2CN1C(=O)NCc1cccc(Cl)c1. The van der Waals surface area contributed by atoms with Gasteiger partial charge in [0.25, 0.3) is 0 Å². The number of ether oxygens (including phenoxy) is 1. The lowest BCUT2D eigenvalue weighted by Crippen LogP contribution is -2.61. The molecule has 2 unspecified atom stereocenters. The number of nitrogens with zero attached hydrogens (tertiary/aromatic N) is 1. The van der Waals surface area contributed by atoms with Crippen molar-refractivity contribution < 1.29 is 9.53 Å². The summed E-state index contributed by atoms with van der Waals surface area (Å²) >= 11 is 6.04. The third-order valence-corrected chi connectivity index (χ3v) is 6.33. The predicted octanol–water partition coefficient (Wildman–Crippen LogP) is 2.14. The monoisotopic (exact) mass is 419 g/mol. The van der Waals surface area contributed by atoms with Crippen LogP contribution in [0.4, 0.5) is 4.79 Å². The molecule has 0 radical (unpaired) electrons. The van der Waals surface area contributed by atoms with Crippen molar-refractivity contribution in [3.63, 3.8) is 0 Å². The van der Waals surface area contributed by atoms with Crippen LogP contribution in [0.1, 0.15) is 32.3 Å². The summed E-state index contributed by atoms with van der Waals surface area (Å²) in [4.78, 5) is 14.8. The van der Waals surface area contributed by atoms with Crippen molar-refractivity contribution in [3.8, 4) is 0 Å². The molecule has 2 amide bonds. The normalized spacial score (nSPS) is 26.4. The van der Waals surface area contributed by atoms with E-state index in [0.717, 1.165) is 31.6 Å². The van der Waals surface area contributed by atoms with Crippen molar-refractivity contribution in [2.45, 2.75) is 57.1 Å². The molecule has 2 atom stereocenters. The van der Waals surface area contributed by atoms with Gasteiger partial charge in [0.2, 0.25) is 0 Å². The summed E-state index contributed by atoms with van der Waals surface area (Å²) in [5.74, 6) is 0. The molecule has 1 aromatic rings. The summed E-state index contributed by atoms with van der Waals surface area (Å²) in [6.45, 7) is 6.88. The van der Waals surface area contributed by atoms with E-state index in [4.69, 9.17) is 16.3 Å². The van der Waals surface area contributed by atoms with E-state index < -0.39 is 0 Å². The zero-order valence-electron chi connectivity index (χ0n) is 17.0. The topological polar surface area (TPSA) is 77.7 Å². The van der Waals surface area contributed by atoms with Crippen LogP contribution < -0.4 is 21.3 Å². The van der Waals surface area contributed by atoms with E-state index in [2.05, 4.69) is 41.3 Å². The Bertz CT molecular complexity index is 778. The van der Waals surface area contributed by atoms with Gasteiger partial charge in [-0.2, -0.15) is 0 Å². The molecule has 1 aromatic carbocycles. The number of amides is 2. The summed E-state index contributed by atoms with van der Waals surface area (Å²) in [5.41, 5.74) is 1.81. The molecule has 4 N–H and O–H groups in total. The van der Waals surface area contributed by atoms with Crippen molar-refractivity contribution in [3.05, 3.63) is 46.6 Å². The lowest BCUT2D eigenvalue weighted by molar-refractivity contribution is 0.0715. The molecule has 158 valence electrons. The first-order valence-electron chi connectivity index (χ1n) is 10.3. The van der Waals surface area contributed by atoms with Crippen LogP contribution in [0.25, 0.3) is 0 Å². The first kappa shape index (κ1) is 20.5. The fourth-order valence-electron chi connectivity index (χ4n) is 4.39. The molecule has 3 aliphatic heterocycles. The minimum Gasteiger partial charge on any atom is -0.381 e. The van der Waals surface area contributed by atoms with E-state index in [1.165, 1.54) is 5.57 Å². The van der Waals surface area contributed by atoms with Crippen LogP contribution in [0.3, 0.4) is 0 Å². The molecule has 0 bridgehead atoms. The van der Waals surface area contributed by atoms with Crippen molar-refractivity contribution in [2.75, 3.05) is 19.8 Å². The second-order valence-corrected chi connectivity index (χ2v) is 8.87. The molecule has 2 fully saturated rings. The number of halogens is 1. The van der Waals surface area contributed by atoms with Gasteiger partial charge in [-0.05, 0) is 50.0 Å². The number of rotatable bonds is 4. The molecule has 2 saturated heterocycles. The maximum atomic E-state index is 12.9. The van der Waals surface area contributed by atoms with Crippen LogP contribution in [0.5, 0.6) is 0 Å². The first-order valence-corrected chi connectivity index (χ1v) is 10.7. The molecule has 0 spiro atoms. The van der Waals surface area contributed by atoms with Gasteiger partial charge in [-0.1, -0.05) is 23.7 Å². The lowest BCUT2D eigenvalue weighted by atomic mass is 9.92. The molecule has 4 rings (SSSR count). The second-order valence-electron chi connectivity index (χ2n) is 8.43. The Morgan fingerprint density at radius 1 is 1.34 bits per heavy atom. The Labute approximate surface area is 177 Å². The minimum absolute atomic E-state index is 0.00266. The van der Waals surface area contributed by atoms with Gasteiger partial charge < -0.3 is 20.3 Å². The van der Waals surface area contributed by atoms with E-state index in [1.54, 1.807) is 0 Å². The quantitative estimate of drug-likeness (QED) is 0.601. The second kappa shape index (κ2) is 8.52. The Morgan fingerprint density at radius 3 is 2.90 bits per heavy atom. The van der Waals surface area contributed by atoms with Crippen molar-refractivity contribution >= 4 is 17.6 Å². The first-order chi connectivity index (χ1) is 13.9. The Hall–Kier alpha value is -1.80. The van der Waals surface area contributed by atoms with Gasteiger partial charge in [0.05, 0.1) is 11.6 Å². The van der Waals surface area contributed by atoms with E-state index in [-0.39, 0.29) is 23.9 Å². The van der Waals surface area contributed by atoms with Gasteiger partial charge in [-0.25, -0.2) is 4.79 Å². The van der Waals surface area contributed by atoms with Crippen molar-refractivity contribution in [1.82, 2.24) is 26.2 Å². The van der Waals surface area contributed by atoms with E-state index >= 15 is 0 Å². The van der Waals surface area contributed by atoms with Gasteiger partial charge >= 0.3 is 6.03 Å². The molecule has 0 aliphatic carbocycles. The predicted molar refractivity (Wildman–Crippen MR) is 113 cm³/mol. The minimum atomic E-state index is -0.368. The fourth-order valence-corrected chi connectivity index (χ4v) is 4.60. The van der Waals surface area contributed by atoms with Crippen molar-refractivity contribution in [2.24, 2.45) is 0 Å². The number of carbonyl (C=O) groups excluding carboxylic acids is 1. The largest absolute Gasteiger partial charge is 0.381 e. The number of hydrogen-bond donors (Lipinski definition) is 4. The summed E-state index contributed by atoms with van der Waals surface area (Å²) in [7, 11) is 0. The van der Waals surface area contributed by atoms with E-state index in [1.807, 2.05) is 29.2 Å². The molecule has 29 heavy (non-hydrogen) atoms. The van der Waals surface area contributed by atoms with Gasteiger partial charge in [-0.3, -0.25) is 10.6 Å². The average Bonchev–Trinajstić information content (AvgIpc) is 2.97. The Kier molecular flexibility index (Phi) is 6.01. The highest BCUT2D eigenvalue weighted by atomic mass is 35.5. The number of benzene rings is 1. The molecule has 3 heterocycles. The smallest absolute Gasteiger partial charge is 0.318 e. The van der Waals surface area contributed by atoms with Crippen molar-refractivity contribution in [1.29, 1.82) is 0 Å². The summed E-state index contributed by atoms with van der Waals surface area (Å²) in [6, 6.07) is 8.05. The number of likely N-dealkylation sites (tertiary alicyclic amines) is 1. The standard InChI is InChI=1S/C21H30ClN5O2/c1-21(2)17-12-23-19(25-16-6-8-29-9-7-16)26-18(17)13-27(21)20(28)24-11-14-4-3-5-15(22)10-14/h3-5,10,12,16,18-19,23,25-26H,6-9,11,13H2,1-2H3,(H,24,28). The Balaban J connectivity index is 1.36. The van der Waals surface area contributed by atoms with Gasteiger partial charge in [0.1, 0.15) is 6.29 Å². The third-order valence-electron chi connectivity index (χ3n) is 6.10. The zero-order valence-corrected chi connectivity index (χ0v) is 17.8. The molecule has 3 aliphatic rings. The third kappa shape index (κ3) is 4.53. The van der Waals surface area contributed by atoms with E-state index in [9.17, 15) is 4.79 Å². The van der Waals surface area contributed by atoms with E-state index in [0.29, 0.717) is 24.2 Å². The maximum absolute atomic E-state index is 12.9. The highest BCUT2D eigenvalue weighted by Crippen LogP contribution is 2.35. The summed E-state index contributed by atoms with van der Waals surface area (Å²) in [5, 5.41) is 14.4. The van der Waals surface area contributed by atoms with Crippen LogP contribution in [0.2, 0.25) is 5.02 Å². The Morgan fingerprint density at radius 2 is 2.14 bits per heavy atom. The van der Waals surface area contributed by atoms with Crippen LogP contribution in [-0.4, -0.2) is 54.6 Å². The summed E-state index contributed by atoms with van der Waals surface area (Å²) in [6.07, 6.45) is 4.11. The fraction of sp³-hybridized carbons (Fsp3) is 0.571. The maximum Gasteiger partial charge on any atom is 0.318 e. The number of fused-ring (bicyclic) bond motifs is 1. The zero-order chi connectivity index (χ0) is 20.4. The van der Waals surface area contributed by atoms with Crippen LogP contribution in [-0.2, 0) is 11.3 Å². The molecule has 8 heteroatoms. The molecular weight excluding hydrogens is 390 g/mol. The van der Waals surface area contributed by atoms with Gasteiger partial charge in [-0.15, -0.1) is 0 Å². The molecule has 7 nitrogen and oxygen atoms in total. The number of urea groups is 1. The average molecular weight is 420 g/mol. The van der Waals surface area contributed by atoms with Gasteiger partial charge in [0, 0.05) is 43.6 Å².